The number of carbonyl (C=O) groups excluding carboxylic acids is 1. The fourth-order valence-corrected chi connectivity index (χ4v) is 0.521. The molecule has 11 heavy (non-hydrogen) atoms. The fourth-order valence-electron chi connectivity index (χ4n) is 0.521. The summed E-state index contributed by atoms with van der Waals surface area (Å²) in [5, 5.41) is 2.63. The minimum Gasteiger partial charge on any atom is -0.372 e. The average Bonchev–Trinajstić information content (AvgIpc) is 1.97. The largest absolute Gasteiger partial charge is 0.372 e. The van der Waals surface area contributed by atoms with Gasteiger partial charge in [0.1, 0.15) is 6.61 Å². The van der Waals surface area contributed by atoms with E-state index >= 15 is 0 Å². The molecule has 0 saturated heterocycles. The number of carbonyl (C=O) groups is 1. The molecule has 1 amide bonds. The Morgan fingerprint density at radius 2 is 2.36 bits per heavy atom. The molecule has 0 aliphatic carbocycles. The molecule has 4 heteroatoms. The molecule has 1 unspecified atom stereocenters. The van der Waals surface area contributed by atoms with E-state index < -0.39 is 0 Å². The van der Waals surface area contributed by atoms with Gasteiger partial charge in [-0.1, -0.05) is 0 Å². The first kappa shape index (κ1) is 10.4. The van der Waals surface area contributed by atoms with Crippen LogP contribution >= 0.6 is 0 Å². The molecule has 0 rings (SSSR count). The van der Waals surface area contributed by atoms with E-state index in [0.717, 1.165) is 0 Å². The lowest BCUT2D eigenvalue weighted by molar-refractivity contribution is -0.125. The SMILES string of the molecule is CCOCC(=O)NCC(C)N. The van der Waals surface area contributed by atoms with Gasteiger partial charge >= 0.3 is 0 Å². The third-order valence-corrected chi connectivity index (χ3v) is 1.06. The van der Waals surface area contributed by atoms with Crippen LogP contribution in [-0.4, -0.2) is 31.7 Å². The number of amides is 1. The first-order valence-electron chi connectivity index (χ1n) is 3.76. The van der Waals surface area contributed by atoms with Gasteiger partial charge in [-0.15, -0.1) is 0 Å². The van der Waals surface area contributed by atoms with Gasteiger partial charge in [0.2, 0.25) is 5.91 Å². The quantitative estimate of drug-likeness (QED) is 0.569. The van der Waals surface area contributed by atoms with E-state index in [0.29, 0.717) is 13.2 Å². The Morgan fingerprint density at radius 1 is 1.73 bits per heavy atom. The van der Waals surface area contributed by atoms with Crippen molar-refractivity contribution in [2.45, 2.75) is 19.9 Å². The summed E-state index contributed by atoms with van der Waals surface area (Å²) in [6.07, 6.45) is 0. The standard InChI is InChI=1S/C7H16N2O2/c1-3-11-5-7(10)9-4-6(2)8/h6H,3-5,8H2,1-2H3,(H,9,10). The third-order valence-electron chi connectivity index (χ3n) is 1.06. The first-order chi connectivity index (χ1) is 5.16. The van der Waals surface area contributed by atoms with Crippen LogP contribution in [0.4, 0.5) is 0 Å². The van der Waals surface area contributed by atoms with Crippen LogP contribution in [0.5, 0.6) is 0 Å². The van der Waals surface area contributed by atoms with Crippen LogP contribution in [0, 0.1) is 0 Å². The summed E-state index contributed by atoms with van der Waals surface area (Å²) < 4.78 is 4.87. The van der Waals surface area contributed by atoms with Crippen molar-refractivity contribution in [3.05, 3.63) is 0 Å². The van der Waals surface area contributed by atoms with Crippen molar-refractivity contribution < 1.29 is 9.53 Å². The van der Waals surface area contributed by atoms with Crippen LogP contribution in [0.3, 0.4) is 0 Å². The van der Waals surface area contributed by atoms with E-state index in [1.807, 2.05) is 13.8 Å². The molecule has 0 aliphatic heterocycles. The van der Waals surface area contributed by atoms with Crippen LogP contribution in [0.1, 0.15) is 13.8 Å². The second kappa shape index (κ2) is 6.12. The summed E-state index contributed by atoms with van der Waals surface area (Å²) in [6.45, 7) is 4.88. The number of hydrogen-bond donors (Lipinski definition) is 2. The molecule has 0 heterocycles. The Hall–Kier alpha value is -0.610. The van der Waals surface area contributed by atoms with Crippen LogP contribution in [0.25, 0.3) is 0 Å². The summed E-state index contributed by atoms with van der Waals surface area (Å²) in [7, 11) is 0. The van der Waals surface area contributed by atoms with E-state index in [4.69, 9.17) is 10.5 Å². The number of ether oxygens (including phenoxy) is 1. The highest BCUT2D eigenvalue weighted by atomic mass is 16.5. The van der Waals surface area contributed by atoms with Crippen LogP contribution in [-0.2, 0) is 9.53 Å². The van der Waals surface area contributed by atoms with Crippen molar-refractivity contribution in [2.24, 2.45) is 5.73 Å². The topological polar surface area (TPSA) is 64.3 Å². The monoisotopic (exact) mass is 160 g/mol. The van der Waals surface area contributed by atoms with Gasteiger partial charge in [-0.2, -0.15) is 0 Å². The van der Waals surface area contributed by atoms with E-state index in [-0.39, 0.29) is 18.6 Å². The van der Waals surface area contributed by atoms with Crippen molar-refractivity contribution in [3.63, 3.8) is 0 Å². The van der Waals surface area contributed by atoms with E-state index in [2.05, 4.69) is 5.32 Å². The van der Waals surface area contributed by atoms with Gasteiger partial charge in [0.05, 0.1) is 0 Å². The predicted molar refractivity (Wildman–Crippen MR) is 43.2 cm³/mol. The van der Waals surface area contributed by atoms with Gasteiger partial charge in [0.25, 0.3) is 0 Å². The Balaban J connectivity index is 3.23. The van der Waals surface area contributed by atoms with Crippen molar-refractivity contribution >= 4 is 5.91 Å². The summed E-state index contributed by atoms with van der Waals surface area (Å²) in [5.41, 5.74) is 5.41. The van der Waals surface area contributed by atoms with Gasteiger partial charge in [0.15, 0.2) is 0 Å². The van der Waals surface area contributed by atoms with Gasteiger partial charge in [-0.3, -0.25) is 4.79 Å². The smallest absolute Gasteiger partial charge is 0.246 e. The Morgan fingerprint density at radius 3 is 2.82 bits per heavy atom. The molecule has 0 fully saturated rings. The Bertz CT molecular complexity index is 115. The van der Waals surface area contributed by atoms with Gasteiger partial charge in [-0.25, -0.2) is 0 Å². The number of nitrogens with two attached hydrogens (primary N) is 1. The molecule has 66 valence electrons. The van der Waals surface area contributed by atoms with E-state index in [1.54, 1.807) is 0 Å². The summed E-state index contributed by atoms with van der Waals surface area (Å²) in [6, 6.07) is 0.000534. The number of hydrogen-bond acceptors (Lipinski definition) is 3. The van der Waals surface area contributed by atoms with Gasteiger partial charge in [-0.05, 0) is 13.8 Å². The van der Waals surface area contributed by atoms with Gasteiger partial charge < -0.3 is 15.8 Å². The Labute approximate surface area is 67.1 Å². The number of nitrogens with one attached hydrogen (secondary N) is 1. The first-order valence-corrected chi connectivity index (χ1v) is 3.76. The molecule has 1 atom stereocenters. The van der Waals surface area contributed by atoms with E-state index in [1.165, 1.54) is 0 Å². The molecule has 0 aromatic heterocycles. The highest BCUT2D eigenvalue weighted by Crippen LogP contribution is 1.75. The molecular formula is C7H16N2O2. The van der Waals surface area contributed by atoms with Crippen molar-refractivity contribution in [1.29, 1.82) is 0 Å². The van der Waals surface area contributed by atoms with Crippen molar-refractivity contribution in [2.75, 3.05) is 19.8 Å². The zero-order valence-corrected chi connectivity index (χ0v) is 7.09. The lowest BCUT2D eigenvalue weighted by Gasteiger charge is -2.06. The van der Waals surface area contributed by atoms with Crippen LogP contribution < -0.4 is 11.1 Å². The summed E-state index contributed by atoms with van der Waals surface area (Å²) >= 11 is 0. The molecule has 0 aromatic rings. The maximum Gasteiger partial charge on any atom is 0.246 e. The van der Waals surface area contributed by atoms with E-state index in [9.17, 15) is 4.79 Å². The lowest BCUT2D eigenvalue weighted by Crippen LogP contribution is -2.37. The van der Waals surface area contributed by atoms with Crippen molar-refractivity contribution in [1.82, 2.24) is 5.32 Å². The van der Waals surface area contributed by atoms with Crippen LogP contribution in [0.2, 0.25) is 0 Å². The molecule has 0 aromatic carbocycles. The Kier molecular flexibility index (Phi) is 5.78. The maximum atomic E-state index is 10.8. The minimum atomic E-state index is -0.107. The highest BCUT2D eigenvalue weighted by Gasteiger charge is 2.00. The summed E-state index contributed by atoms with van der Waals surface area (Å²) in [5.74, 6) is -0.107. The second-order valence-corrected chi connectivity index (χ2v) is 2.42. The summed E-state index contributed by atoms with van der Waals surface area (Å²) in [4.78, 5) is 10.8. The second-order valence-electron chi connectivity index (χ2n) is 2.42. The molecule has 0 saturated carbocycles. The molecule has 0 bridgehead atoms. The minimum absolute atomic E-state index is 0.000534. The maximum absolute atomic E-state index is 10.8. The van der Waals surface area contributed by atoms with Crippen LogP contribution in [0.15, 0.2) is 0 Å². The van der Waals surface area contributed by atoms with Gasteiger partial charge in [0, 0.05) is 19.2 Å². The zero-order chi connectivity index (χ0) is 8.69. The molecule has 3 N–H and O–H groups in total. The molecule has 0 aliphatic rings. The molecule has 4 nitrogen and oxygen atoms in total. The lowest BCUT2D eigenvalue weighted by atomic mass is 10.3. The van der Waals surface area contributed by atoms with Crippen molar-refractivity contribution in [3.8, 4) is 0 Å². The third kappa shape index (κ3) is 7.29. The average molecular weight is 160 g/mol. The fraction of sp³-hybridized carbons (Fsp3) is 0.857. The molecular weight excluding hydrogens is 144 g/mol. The molecule has 0 spiro atoms. The number of rotatable bonds is 5. The molecule has 0 radical (unpaired) electrons. The zero-order valence-electron chi connectivity index (χ0n) is 7.09. The normalized spacial score (nSPS) is 12.6. The predicted octanol–water partition coefficient (Wildman–Crippen LogP) is -0.514. The highest BCUT2D eigenvalue weighted by molar-refractivity contribution is 5.77.